The second-order valence-electron chi connectivity index (χ2n) is 13.7. The maximum atomic E-state index is 13.3. The molecule has 1 aliphatic carbocycles. The normalized spacial score (nSPS) is 21.0. The average Bonchev–Trinajstić information content (AvgIpc) is 3.16. The van der Waals surface area contributed by atoms with Gasteiger partial charge in [-0.2, -0.15) is 4.68 Å². The van der Waals surface area contributed by atoms with Gasteiger partial charge >= 0.3 is 0 Å². The Labute approximate surface area is 303 Å². The summed E-state index contributed by atoms with van der Waals surface area (Å²) in [5, 5.41) is 22.1. The van der Waals surface area contributed by atoms with Crippen molar-refractivity contribution in [1.82, 2.24) is 30.5 Å². The average molecular weight is 716 g/mol. The van der Waals surface area contributed by atoms with E-state index < -0.39 is 17.5 Å². The molecule has 2 N–H and O–H groups in total. The van der Waals surface area contributed by atoms with Crippen LogP contribution in [0.3, 0.4) is 0 Å². The van der Waals surface area contributed by atoms with E-state index in [1.54, 1.807) is 24.3 Å². The second kappa shape index (κ2) is 14.2. The molecule has 5 aromatic rings. The molecule has 270 valence electrons. The minimum atomic E-state index is -0.872. The fourth-order valence-electron chi connectivity index (χ4n) is 7.31. The summed E-state index contributed by atoms with van der Waals surface area (Å²) in [5.74, 6) is 0.686. The zero-order chi connectivity index (χ0) is 36.5. The second-order valence-corrected chi connectivity index (χ2v) is 13.7. The minimum Gasteiger partial charge on any atom is -0.490 e. The molecule has 0 radical (unpaired) electrons. The minimum absolute atomic E-state index is 0.0439. The van der Waals surface area contributed by atoms with Crippen LogP contribution in [0.2, 0.25) is 0 Å². The zero-order valence-electron chi connectivity index (χ0n) is 29.0. The van der Waals surface area contributed by atoms with Crippen LogP contribution in [-0.4, -0.2) is 68.1 Å². The molecule has 53 heavy (non-hydrogen) atoms. The van der Waals surface area contributed by atoms with Gasteiger partial charge in [0.2, 0.25) is 11.8 Å². The van der Waals surface area contributed by atoms with E-state index in [1.165, 1.54) is 18.1 Å². The molecule has 3 aromatic carbocycles. The number of ether oxygens (including phenoxy) is 3. The number of hydrogen-bond acceptors (Lipinski definition) is 12. The van der Waals surface area contributed by atoms with Crippen molar-refractivity contribution >= 4 is 34.2 Å². The lowest BCUT2D eigenvalue weighted by Crippen LogP contribution is -2.45. The quantitative estimate of drug-likeness (QED) is 0.151. The van der Waals surface area contributed by atoms with Crippen molar-refractivity contribution in [2.24, 2.45) is 0 Å². The highest BCUT2D eigenvalue weighted by Gasteiger charge is 2.37. The van der Waals surface area contributed by atoms with Crippen LogP contribution in [0.1, 0.15) is 73.1 Å². The maximum Gasteiger partial charge on any atom is 0.278 e. The van der Waals surface area contributed by atoms with Crippen LogP contribution in [0.15, 0.2) is 83.7 Å². The van der Waals surface area contributed by atoms with Gasteiger partial charge in [-0.3, -0.25) is 24.5 Å². The molecule has 1 saturated carbocycles. The first-order valence-corrected chi connectivity index (χ1v) is 17.7. The van der Waals surface area contributed by atoms with Gasteiger partial charge in [-0.1, -0.05) is 29.5 Å². The first kappa shape index (κ1) is 34.1. The first-order valence-electron chi connectivity index (χ1n) is 17.7. The molecular formula is C39H37N7O7. The van der Waals surface area contributed by atoms with E-state index in [-0.39, 0.29) is 42.1 Å². The Kier molecular flexibility index (Phi) is 9.12. The summed E-state index contributed by atoms with van der Waals surface area (Å²) >= 11 is 0. The van der Waals surface area contributed by atoms with Gasteiger partial charge in [-0.15, -0.1) is 15.3 Å². The van der Waals surface area contributed by atoms with E-state index in [4.69, 9.17) is 14.2 Å². The molecular weight excluding hydrogens is 678 g/mol. The Hall–Kier alpha value is -6.02. The van der Waals surface area contributed by atoms with E-state index in [0.717, 1.165) is 41.8 Å². The number of nitrogens with one attached hydrogen (secondary N) is 2. The van der Waals surface area contributed by atoms with Crippen LogP contribution in [0.4, 0.5) is 5.69 Å². The highest BCUT2D eigenvalue weighted by molar-refractivity contribution is 5.99. The number of hydrogen-bond donors (Lipinski definition) is 2. The number of aromatic nitrogens is 5. The third-order valence-corrected chi connectivity index (χ3v) is 10.3. The number of anilines is 1. The third kappa shape index (κ3) is 6.97. The molecule has 0 spiro atoms. The Bertz CT molecular complexity index is 2230. The fraction of sp³-hybridized carbons (Fsp3) is 0.333. The number of benzene rings is 3. The van der Waals surface area contributed by atoms with E-state index in [0.29, 0.717) is 41.4 Å². The number of Topliss-reactive ketones (excluding diaryl/α,β-unsaturated/α-hetero) is 1. The number of amides is 2. The predicted octanol–water partition coefficient (Wildman–Crippen LogP) is 4.67. The topological polar surface area (TPSA) is 177 Å². The summed E-state index contributed by atoms with van der Waals surface area (Å²) in [6.45, 7) is 2.76. The van der Waals surface area contributed by atoms with Crippen molar-refractivity contribution in [3.63, 3.8) is 0 Å². The van der Waals surface area contributed by atoms with E-state index in [9.17, 15) is 19.2 Å². The summed E-state index contributed by atoms with van der Waals surface area (Å²) in [6, 6.07) is 24.2. The van der Waals surface area contributed by atoms with Crippen LogP contribution < -0.4 is 25.7 Å². The van der Waals surface area contributed by atoms with Crippen LogP contribution in [0.5, 0.6) is 17.4 Å². The van der Waals surface area contributed by atoms with Crippen molar-refractivity contribution in [3.05, 3.63) is 106 Å². The van der Waals surface area contributed by atoms with Crippen LogP contribution in [0, 0.1) is 0 Å². The molecule has 2 aliphatic heterocycles. The molecule has 0 bridgehead atoms. The Balaban J connectivity index is 0.894. The van der Waals surface area contributed by atoms with Crippen LogP contribution in [0.25, 0.3) is 10.9 Å². The number of rotatable bonds is 10. The van der Waals surface area contributed by atoms with Gasteiger partial charge in [0.25, 0.3) is 11.5 Å². The highest BCUT2D eigenvalue weighted by Crippen LogP contribution is 2.42. The molecule has 1 atom stereocenters. The van der Waals surface area contributed by atoms with Gasteiger partial charge in [-0.05, 0) is 78.9 Å². The number of imide groups is 1. The largest absolute Gasteiger partial charge is 0.490 e. The summed E-state index contributed by atoms with van der Waals surface area (Å²) < 4.78 is 19.1. The zero-order valence-corrected chi connectivity index (χ0v) is 29.0. The molecule has 2 aromatic heterocycles. The molecule has 2 saturated heterocycles. The predicted molar refractivity (Wildman–Crippen MR) is 192 cm³/mol. The third-order valence-electron chi connectivity index (χ3n) is 10.3. The fourth-order valence-corrected chi connectivity index (χ4v) is 7.31. The lowest BCUT2D eigenvalue weighted by atomic mass is 9.69. The van der Waals surface area contributed by atoms with Crippen LogP contribution in [-0.2, 0) is 19.7 Å². The van der Waals surface area contributed by atoms with Gasteiger partial charge in [0, 0.05) is 62.6 Å². The van der Waals surface area contributed by atoms with Gasteiger partial charge in [0.1, 0.15) is 34.9 Å². The number of ketones is 1. The van der Waals surface area contributed by atoms with E-state index in [2.05, 4.69) is 55.4 Å². The van der Waals surface area contributed by atoms with Crippen LogP contribution >= 0.6 is 0 Å². The molecule has 4 heterocycles. The molecule has 14 nitrogen and oxygen atoms in total. The van der Waals surface area contributed by atoms with Gasteiger partial charge in [0.05, 0.1) is 5.39 Å². The maximum absolute atomic E-state index is 13.3. The highest BCUT2D eigenvalue weighted by atomic mass is 16.5. The van der Waals surface area contributed by atoms with E-state index in [1.807, 2.05) is 30.3 Å². The summed E-state index contributed by atoms with van der Waals surface area (Å²) in [6.07, 6.45) is 3.64. The molecule has 2 amide bonds. The number of carbonyl (C=O) groups excluding carboxylic acids is 3. The van der Waals surface area contributed by atoms with Gasteiger partial charge < -0.3 is 19.5 Å². The number of nitrogens with zero attached hydrogens (tertiary/aromatic N) is 5. The Morgan fingerprint density at radius 2 is 1.60 bits per heavy atom. The van der Waals surface area contributed by atoms with Crippen molar-refractivity contribution in [1.29, 1.82) is 0 Å². The van der Waals surface area contributed by atoms with Crippen molar-refractivity contribution in [3.8, 4) is 17.4 Å². The Morgan fingerprint density at radius 3 is 2.26 bits per heavy atom. The molecule has 8 rings (SSSR count). The van der Waals surface area contributed by atoms with Crippen molar-refractivity contribution in [2.75, 3.05) is 18.5 Å². The summed E-state index contributed by atoms with van der Waals surface area (Å²) in [5.41, 5.74) is 3.20. The Morgan fingerprint density at radius 1 is 0.887 bits per heavy atom. The smallest absolute Gasteiger partial charge is 0.278 e. The molecule has 3 aliphatic rings. The number of fused-ring (bicyclic) bond motifs is 1. The number of piperidine rings is 1. The summed E-state index contributed by atoms with van der Waals surface area (Å²) in [7, 11) is 0. The monoisotopic (exact) mass is 715 g/mol. The van der Waals surface area contributed by atoms with Crippen molar-refractivity contribution < 1.29 is 28.6 Å². The lowest BCUT2D eigenvalue weighted by Gasteiger charge is -2.39. The first-order chi connectivity index (χ1) is 25.7. The lowest BCUT2D eigenvalue weighted by molar-refractivity contribution is -0.136. The van der Waals surface area contributed by atoms with E-state index >= 15 is 0 Å². The SMILES string of the molecule is CC(=O)c1ccc(Oc2ccc(C3(c4ccc(OC5CC(Nc6ccc7nnn(C8CCC(=O)NC8=O)c(=O)c7c6)C5)cc4)CCOCC3)cc2)nn1. The van der Waals surface area contributed by atoms with Gasteiger partial charge in [0.15, 0.2) is 5.78 Å². The van der Waals surface area contributed by atoms with Crippen molar-refractivity contribution in [2.45, 2.75) is 69.1 Å². The summed E-state index contributed by atoms with van der Waals surface area (Å²) in [4.78, 5) is 48.7. The standard InChI is InChI=1S/C39H37N7O7/c1-23(47)32-12-15-36(44-42-32)53-29-9-4-25(5-10-29)39(16-18-51-19-17-39)24-2-7-28(8-3-24)52-30-20-27(21-30)40-26-6-11-33-31(22-26)38(50)46(45-43-33)34-13-14-35(48)41-37(34)49/h2-12,15,22,27,30,34,40H,13-14,16-21H2,1H3,(H,41,48,49). The molecule has 3 fully saturated rings. The van der Waals surface area contributed by atoms with Gasteiger partial charge in [-0.25, -0.2) is 0 Å². The molecule has 1 unspecified atom stereocenters. The molecule has 14 heteroatoms. The number of carbonyl (C=O) groups is 3.